The molecule has 1 N–H and O–H groups in total. The van der Waals surface area contributed by atoms with Crippen molar-refractivity contribution in [3.8, 4) is 0 Å². The van der Waals surface area contributed by atoms with E-state index in [1.807, 2.05) is 0 Å². The zero-order valence-electron chi connectivity index (χ0n) is 11.9. The van der Waals surface area contributed by atoms with Crippen molar-refractivity contribution in [2.75, 3.05) is 5.32 Å². The summed E-state index contributed by atoms with van der Waals surface area (Å²) in [6.07, 6.45) is 4.57. The number of benzene rings is 1. The van der Waals surface area contributed by atoms with Crippen LogP contribution in [0.1, 0.15) is 49.9 Å². The van der Waals surface area contributed by atoms with E-state index in [0.29, 0.717) is 17.2 Å². The van der Waals surface area contributed by atoms with Gasteiger partial charge in [0.2, 0.25) is 0 Å². The number of ketones is 1. The topological polar surface area (TPSA) is 72.2 Å². The lowest BCUT2D eigenvalue weighted by Gasteiger charge is -2.30. The maximum absolute atomic E-state index is 11.3. The normalized spacial score (nSPS) is 22.3. The molecule has 0 spiro atoms. The Morgan fingerprint density at radius 2 is 2.05 bits per heavy atom. The summed E-state index contributed by atoms with van der Waals surface area (Å²) in [6, 6.07) is 4.92. The van der Waals surface area contributed by atoms with Crippen LogP contribution in [0.15, 0.2) is 18.2 Å². The fraction of sp³-hybridized carbons (Fsp3) is 0.533. The number of nitrogens with zero attached hydrogens (tertiary/aromatic N) is 1. The average molecular weight is 276 g/mol. The first-order valence-corrected chi connectivity index (χ1v) is 7.05. The molecule has 0 heterocycles. The zero-order valence-corrected chi connectivity index (χ0v) is 11.9. The molecule has 2 atom stereocenters. The predicted octanol–water partition coefficient (Wildman–Crippen LogP) is 3.79. The molecule has 108 valence electrons. The van der Waals surface area contributed by atoms with Gasteiger partial charge in [0.05, 0.1) is 4.92 Å². The molecule has 0 aliphatic heterocycles. The van der Waals surface area contributed by atoms with Crippen molar-refractivity contribution in [2.24, 2.45) is 5.92 Å². The number of carbonyl (C=O) groups excluding carboxylic acids is 1. The second-order valence-electron chi connectivity index (χ2n) is 5.56. The first-order valence-electron chi connectivity index (χ1n) is 7.05. The Labute approximate surface area is 118 Å². The fourth-order valence-electron chi connectivity index (χ4n) is 2.75. The number of hydrogen-bond acceptors (Lipinski definition) is 4. The second kappa shape index (κ2) is 6.03. The number of rotatable bonds is 4. The number of Topliss-reactive ketones (excluding diaryl/α,β-unsaturated/α-hetero) is 1. The van der Waals surface area contributed by atoms with Crippen LogP contribution in [0.25, 0.3) is 0 Å². The van der Waals surface area contributed by atoms with Gasteiger partial charge in [-0.1, -0.05) is 19.8 Å². The highest BCUT2D eigenvalue weighted by Gasteiger charge is 2.24. The first-order chi connectivity index (χ1) is 9.49. The molecule has 1 aromatic carbocycles. The lowest BCUT2D eigenvalue weighted by molar-refractivity contribution is -0.384. The third kappa shape index (κ3) is 3.15. The third-order valence-corrected chi connectivity index (χ3v) is 4.05. The van der Waals surface area contributed by atoms with E-state index < -0.39 is 4.92 Å². The summed E-state index contributed by atoms with van der Waals surface area (Å²) < 4.78 is 0. The van der Waals surface area contributed by atoms with Gasteiger partial charge in [0.15, 0.2) is 5.78 Å². The minimum atomic E-state index is -0.428. The highest BCUT2D eigenvalue weighted by atomic mass is 16.6. The Morgan fingerprint density at radius 3 is 2.65 bits per heavy atom. The third-order valence-electron chi connectivity index (χ3n) is 4.05. The molecule has 1 fully saturated rings. The molecule has 5 heteroatoms. The number of nitro groups is 1. The molecule has 1 aliphatic carbocycles. The van der Waals surface area contributed by atoms with Crippen LogP contribution < -0.4 is 5.32 Å². The van der Waals surface area contributed by atoms with Gasteiger partial charge in [0.25, 0.3) is 5.69 Å². The van der Waals surface area contributed by atoms with Crippen LogP contribution in [0.5, 0.6) is 0 Å². The summed E-state index contributed by atoms with van der Waals surface area (Å²) in [6.45, 7) is 3.59. The minimum Gasteiger partial charge on any atom is -0.376 e. The zero-order chi connectivity index (χ0) is 14.7. The average Bonchev–Trinajstić information content (AvgIpc) is 2.41. The number of carbonyl (C=O) groups is 1. The highest BCUT2D eigenvalue weighted by Crippen LogP contribution is 2.31. The van der Waals surface area contributed by atoms with Gasteiger partial charge in [-0.2, -0.15) is 0 Å². The molecule has 0 saturated heterocycles. The first kappa shape index (κ1) is 14.5. The fourth-order valence-corrected chi connectivity index (χ4v) is 2.75. The molecule has 0 radical (unpaired) electrons. The Hall–Kier alpha value is -1.91. The van der Waals surface area contributed by atoms with Crippen LogP contribution in [-0.2, 0) is 0 Å². The van der Waals surface area contributed by atoms with Gasteiger partial charge in [-0.3, -0.25) is 14.9 Å². The molecule has 0 bridgehead atoms. The molecular formula is C15H20N2O3. The number of hydrogen-bond donors (Lipinski definition) is 1. The summed E-state index contributed by atoms with van der Waals surface area (Å²) in [5, 5.41) is 14.5. The smallest absolute Gasteiger partial charge is 0.293 e. The number of nitro benzene ring substituents is 1. The Kier molecular flexibility index (Phi) is 4.37. The molecule has 1 aliphatic rings. The standard InChI is InChI=1S/C15H20N2O3/c1-10-5-3-4-6-13(10)16-14-8-7-12(11(2)18)9-15(14)17(19)20/h7-10,13,16H,3-6H2,1-2H3. The molecule has 2 rings (SSSR count). The maximum Gasteiger partial charge on any atom is 0.293 e. The Bertz CT molecular complexity index is 528. The van der Waals surface area contributed by atoms with Gasteiger partial charge in [0, 0.05) is 17.7 Å². The van der Waals surface area contributed by atoms with Gasteiger partial charge < -0.3 is 5.32 Å². The summed E-state index contributed by atoms with van der Waals surface area (Å²) in [4.78, 5) is 22.1. The van der Waals surface area contributed by atoms with E-state index in [4.69, 9.17) is 0 Å². The van der Waals surface area contributed by atoms with Crippen LogP contribution in [0.4, 0.5) is 11.4 Å². The molecular weight excluding hydrogens is 256 g/mol. The number of nitrogens with one attached hydrogen (secondary N) is 1. The summed E-state index contributed by atoms with van der Waals surface area (Å²) in [5.41, 5.74) is 0.869. The largest absolute Gasteiger partial charge is 0.376 e. The summed E-state index contributed by atoms with van der Waals surface area (Å²) in [7, 11) is 0. The second-order valence-corrected chi connectivity index (χ2v) is 5.56. The van der Waals surface area contributed by atoms with Gasteiger partial charge in [-0.25, -0.2) is 0 Å². The van der Waals surface area contributed by atoms with E-state index in [2.05, 4.69) is 12.2 Å². The molecule has 1 aromatic rings. The Morgan fingerprint density at radius 1 is 1.35 bits per heavy atom. The monoisotopic (exact) mass is 276 g/mol. The SMILES string of the molecule is CC(=O)c1ccc(NC2CCCCC2C)c([N+](=O)[O-])c1. The predicted molar refractivity (Wildman–Crippen MR) is 78.1 cm³/mol. The van der Waals surface area contributed by atoms with Crippen molar-refractivity contribution in [3.63, 3.8) is 0 Å². The van der Waals surface area contributed by atoms with Crippen molar-refractivity contribution in [3.05, 3.63) is 33.9 Å². The molecule has 2 unspecified atom stereocenters. The van der Waals surface area contributed by atoms with Crippen molar-refractivity contribution < 1.29 is 9.72 Å². The van der Waals surface area contributed by atoms with E-state index in [-0.39, 0.29) is 17.5 Å². The van der Waals surface area contributed by atoms with E-state index in [1.165, 1.54) is 19.4 Å². The van der Waals surface area contributed by atoms with Crippen molar-refractivity contribution in [1.29, 1.82) is 0 Å². The van der Waals surface area contributed by atoms with Crippen molar-refractivity contribution in [1.82, 2.24) is 0 Å². The minimum absolute atomic E-state index is 0.0181. The van der Waals surface area contributed by atoms with Crippen molar-refractivity contribution >= 4 is 17.2 Å². The van der Waals surface area contributed by atoms with Crippen LogP contribution in [0.3, 0.4) is 0 Å². The van der Waals surface area contributed by atoms with E-state index >= 15 is 0 Å². The van der Waals surface area contributed by atoms with E-state index in [0.717, 1.165) is 19.3 Å². The highest BCUT2D eigenvalue weighted by molar-refractivity contribution is 5.95. The van der Waals surface area contributed by atoms with E-state index in [1.54, 1.807) is 12.1 Å². The van der Waals surface area contributed by atoms with Crippen LogP contribution in [0, 0.1) is 16.0 Å². The molecule has 0 amide bonds. The molecule has 20 heavy (non-hydrogen) atoms. The van der Waals surface area contributed by atoms with Gasteiger partial charge >= 0.3 is 0 Å². The summed E-state index contributed by atoms with van der Waals surface area (Å²) in [5.74, 6) is 0.349. The lowest BCUT2D eigenvalue weighted by Crippen LogP contribution is -2.30. The molecule has 5 nitrogen and oxygen atoms in total. The number of anilines is 1. The van der Waals surface area contributed by atoms with E-state index in [9.17, 15) is 14.9 Å². The van der Waals surface area contributed by atoms with Crippen molar-refractivity contribution in [2.45, 2.75) is 45.6 Å². The van der Waals surface area contributed by atoms with Gasteiger partial charge in [0.1, 0.15) is 5.69 Å². The lowest BCUT2D eigenvalue weighted by atomic mass is 9.86. The van der Waals surface area contributed by atoms with Gasteiger partial charge in [-0.15, -0.1) is 0 Å². The molecule has 1 saturated carbocycles. The summed E-state index contributed by atoms with van der Waals surface area (Å²) >= 11 is 0. The quantitative estimate of drug-likeness (QED) is 0.516. The van der Waals surface area contributed by atoms with Gasteiger partial charge in [-0.05, 0) is 37.8 Å². The van der Waals surface area contributed by atoms with Crippen LogP contribution >= 0.6 is 0 Å². The molecule has 0 aromatic heterocycles. The van der Waals surface area contributed by atoms with Crippen LogP contribution in [-0.4, -0.2) is 16.7 Å². The Balaban J connectivity index is 2.26. The van der Waals surface area contributed by atoms with Crippen LogP contribution in [0.2, 0.25) is 0 Å². The maximum atomic E-state index is 11.3.